The molecule has 0 amide bonds. The average molecular weight is 295 g/mol. The summed E-state index contributed by atoms with van der Waals surface area (Å²) in [5.41, 5.74) is 1.53. The number of halogens is 2. The molecule has 0 atom stereocenters. The molecule has 98 valence electrons. The zero-order valence-corrected chi connectivity index (χ0v) is 11.8. The van der Waals surface area contributed by atoms with Gasteiger partial charge >= 0.3 is 0 Å². The highest BCUT2D eigenvalue weighted by Gasteiger charge is 2.06. The summed E-state index contributed by atoms with van der Waals surface area (Å²) in [5.74, 6) is 0.523. The molecule has 2 nitrogen and oxygen atoms in total. The van der Waals surface area contributed by atoms with Gasteiger partial charge in [-0.15, -0.1) is 0 Å². The van der Waals surface area contributed by atoms with Crippen LogP contribution in [0.25, 0.3) is 0 Å². The van der Waals surface area contributed by atoms with E-state index in [9.17, 15) is 4.79 Å². The Hall–Kier alpha value is -1.51. The first-order valence-electron chi connectivity index (χ1n) is 5.74. The van der Waals surface area contributed by atoms with Gasteiger partial charge in [-0.1, -0.05) is 35.3 Å². The van der Waals surface area contributed by atoms with Gasteiger partial charge in [-0.25, -0.2) is 0 Å². The molecule has 19 heavy (non-hydrogen) atoms. The Labute approximate surface area is 121 Å². The van der Waals surface area contributed by atoms with E-state index in [4.69, 9.17) is 27.9 Å². The fraction of sp³-hybridized carbons (Fsp3) is 0.133. The van der Waals surface area contributed by atoms with Crippen molar-refractivity contribution >= 4 is 29.0 Å². The van der Waals surface area contributed by atoms with Crippen LogP contribution < -0.4 is 4.74 Å². The molecule has 2 aromatic carbocycles. The third kappa shape index (κ3) is 3.72. The molecular weight excluding hydrogens is 283 g/mol. The molecule has 0 aliphatic heterocycles. The van der Waals surface area contributed by atoms with Crippen LogP contribution in [0.15, 0.2) is 42.5 Å². The number of Topliss-reactive ketones (excluding diaryl/α,β-unsaturated/α-hetero) is 1. The lowest BCUT2D eigenvalue weighted by Crippen LogP contribution is -1.97. The molecule has 0 N–H and O–H groups in total. The molecule has 0 aliphatic rings. The number of carbonyl (C=O) groups is 1. The normalized spacial score (nSPS) is 10.3. The van der Waals surface area contributed by atoms with Crippen molar-refractivity contribution in [3.8, 4) is 5.75 Å². The maximum Gasteiger partial charge on any atom is 0.159 e. The molecule has 0 spiro atoms. The second-order valence-corrected chi connectivity index (χ2v) is 4.96. The summed E-state index contributed by atoms with van der Waals surface area (Å²) in [4.78, 5) is 11.2. The number of benzene rings is 2. The predicted octanol–water partition coefficient (Wildman–Crippen LogP) is 4.78. The summed E-state index contributed by atoms with van der Waals surface area (Å²) in [6, 6.07) is 12.4. The minimum atomic E-state index is -0.0247. The number of rotatable bonds is 4. The van der Waals surface area contributed by atoms with Gasteiger partial charge in [0.2, 0.25) is 0 Å². The molecule has 0 heterocycles. The van der Waals surface area contributed by atoms with Crippen LogP contribution in [0.4, 0.5) is 0 Å². The van der Waals surface area contributed by atoms with E-state index in [1.165, 1.54) is 6.92 Å². The molecule has 0 bridgehead atoms. The highest BCUT2D eigenvalue weighted by molar-refractivity contribution is 6.32. The van der Waals surface area contributed by atoms with Gasteiger partial charge in [0, 0.05) is 10.6 Å². The zero-order valence-electron chi connectivity index (χ0n) is 10.3. The number of hydrogen-bond donors (Lipinski definition) is 0. The molecule has 0 fully saturated rings. The lowest BCUT2D eigenvalue weighted by Gasteiger charge is -2.09. The van der Waals surface area contributed by atoms with E-state index in [-0.39, 0.29) is 5.78 Å². The van der Waals surface area contributed by atoms with Gasteiger partial charge in [0.15, 0.2) is 5.78 Å². The largest absolute Gasteiger partial charge is 0.487 e. The SMILES string of the molecule is CC(=O)c1ccc(OCc2cccc(Cl)c2)c(Cl)c1. The quantitative estimate of drug-likeness (QED) is 0.759. The van der Waals surface area contributed by atoms with Crippen LogP contribution in [-0.4, -0.2) is 5.78 Å². The van der Waals surface area contributed by atoms with E-state index in [1.807, 2.05) is 18.2 Å². The summed E-state index contributed by atoms with van der Waals surface area (Å²) >= 11 is 12.0. The topological polar surface area (TPSA) is 26.3 Å². The molecule has 0 saturated carbocycles. The molecule has 0 unspecified atom stereocenters. The average Bonchev–Trinajstić information content (AvgIpc) is 2.37. The van der Waals surface area contributed by atoms with Crippen molar-refractivity contribution in [2.45, 2.75) is 13.5 Å². The summed E-state index contributed by atoms with van der Waals surface area (Å²) in [6.45, 7) is 1.87. The monoisotopic (exact) mass is 294 g/mol. The highest BCUT2D eigenvalue weighted by Crippen LogP contribution is 2.26. The van der Waals surface area contributed by atoms with Gasteiger partial charge in [0.1, 0.15) is 12.4 Å². The van der Waals surface area contributed by atoms with Crippen molar-refractivity contribution in [2.75, 3.05) is 0 Å². The Bertz CT molecular complexity index is 609. The van der Waals surface area contributed by atoms with Crippen molar-refractivity contribution in [3.05, 3.63) is 63.6 Å². The number of ketones is 1. The Kier molecular flexibility index (Phi) is 4.46. The first-order chi connectivity index (χ1) is 9.06. The smallest absolute Gasteiger partial charge is 0.159 e. The number of carbonyl (C=O) groups excluding carboxylic acids is 1. The van der Waals surface area contributed by atoms with Gasteiger partial charge in [0.25, 0.3) is 0 Å². The van der Waals surface area contributed by atoms with Crippen LogP contribution in [-0.2, 0) is 6.61 Å². The molecule has 2 rings (SSSR count). The van der Waals surface area contributed by atoms with E-state index in [0.29, 0.717) is 28.0 Å². The summed E-state index contributed by atoms with van der Waals surface area (Å²) in [5, 5.41) is 1.09. The molecule has 0 aromatic heterocycles. The highest BCUT2D eigenvalue weighted by atomic mass is 35.5. The van der Waals surface area contributed by atoms with Gasteiger partial charge in [-0.3, -0.25) is 4.79 Å². The Morgan fingerprint density at radius 2 is 1.95 bits per heavy atom. The molecule has 4 heteroatoms. The standard InChI is InChI=1S/C15H12Cl2O2/c1-10(18)12-5-6-15(14(17)8-12)19-9-11-3-2-4-13(16)7-11/h2-8H,9H2,1H3. The Morgan fingerprint density at radius 1 is 1.16 bits per heavy atom. The maximum atomic E-state index is 11.2. The number of hydrogen-bond acceptors (Lipinski definition) is 2. The predicted molar refractivity (Wildman–Crippen MR) is 77.2 cm³/mol. The van der Waals surface area contributed by atoms with E-state index in [1.54, 1.807) is 24.3 Å². The van der Waals surface area contributed by atoms with Gasteiger partial charge in [0.05, 0.1) is 5.02 Å². The minimum Gasteiger partial charge on any atom is -0.487 e. The van der Waals surface area contributed by atoms with E-state index >= 15 is 0 Å². The van der Waals surface area contributed by atoms with Crippen molar-refractivity contribution in [3.63, 3.8) is 0 Å². The van der Waals surface area contributed by atoms with Gasteiger partial charge in [-0.2, -0.15) is 0 Å². The Morgan fingerprint density at radius 3 is 2.58 bits per heavy atom. The Balaban J connectivity index is 2.10. The van der Waals surface area contributed by atoms with Crippen molar-refractivity contribution in [2.24, 2.45) is 0 Å². The van der Waals surface area contributed by atoms with Crippen LogP contribution in [0, 0.1) is 0 Å². The first-order valence-corrected chi connectivity index (χ1v) is 6.49. The minimum absolute atomic E-state index is 0.0247. The van der Waals surface area contributed by atoms with Gasteiger partial charge in [-0.05, 0) is 42.8 Å². The summed E-state index contributed by atoms with van der Waals surface area (Å²) in [7, 11) is 0. The second kappa shape index (κ2) is 6.09. The fourth-order valence-electron chi connectivity index (χ4n) is 1.62. The summed E-state index contributed by atoms with van der Waals surface area (Å²) < 4.78 is 5.61. The van der Waals surface area contributed by atoms with Crippen LogP contribution >= 0.6 is 23.2 Å². The van der Waals surface area contributed by atoms with E-state index in [0.717, 1.165) is 5.56 Å². The van der Waals surface area contributed by atoms with Crippen molar-refractivity contribution in [1.82, 2.24) is 0 Å². The van der Waals surface area contributed by atoms with E-state index in [2.05, 4.69) is 0 Å². The third-order valence-corrected chi connectivity index (χ3v) is 3.15. The van der Waals surface area contributed by atoms with Crippen LogP contribution in [0.5, 0.6) is 5.75 Å². The lowest BCUT2D eigenvalue weighted by molar-refractivity contribution is 0.101. The van der Waals surface area contributed by atoms with Crippen molar-refractivity contribution < 1.29 is 9.53 Å². The third-order valence-electron chi connectivity index (χ3n) is 2.62. The molecule has 2 aromatic rings. The molecule has 0 aliphatic carbocycles. The van der Waals surface area contributed by atoms with E-state index < -0.39 is 0 Å². The van der Waals surface area contributed by atoms with Crippen LogP contribution in [0.2, 0.25) is 10.0 Å². The van der Waals surface area contributed by atoms with Crippen molar-refractivity contribution in [1.29, 1.82) is 0 Å². The lowest BCUT2D eigenvalue weighted by atomic mass is 10.1. The number of ether oxygens (including phenoxy) is 1. The first kappa shape index (κ1) is 13.9. The van der Waals surface area contributed by atoms with Crippen LogP contribution in [0.1, 0.15) is 22.8 Å². The molecular formula is C15H12Cl2O2. The zero-order chi connectivity index (χ0) is 13.8. The molecule has 0 saturated heterocycles. The summed E-state index contributed by atoms with van der Waals surface area (Å²) in [6.07, 6.45) is 0. The maximum absolute atomic E-state index is 11.2. The second-order valence-electron chi connectivity index (χ2n) is 4.12. The molecule has 0 radical (unpaired) electrons. The fourth-order valence-corrected chi connectivity index (χ4v) is 2.07. The van der Waals surface area contributed by atoms with Gasteiger partial charge < -0.3 is 4.74 Å². The van der Waals surface area contributed by atoms with Crippen LogP contribution in [0.3, 0.4) is 0 Å².